The van der Waals surface area contributed by atoms with Crippen LogP contribution in [0.3, 0.4) is 0 Å². The largest absolute Gasteiger partial charge is 0.443 e. The molecule has 1 aliphatic heterocycles. The minimum atomic E-state index is -1.57. The number of nitrogens with zero attached hydrogens (tertiary/aromatic N) is 6. The van der Waals surface area contributed by atoms with Gasteiger partial charge in [-0.1, -0.05) is 25.8 Å². The highest BCUT2D eigenvalue weighted by Gasteiger charge is 2.30. The predicted octanol–water partition coefficient (Wildman–Crippen LogP) is 1.91. The first kappa shape index (κ1) is 50.0. The van der Waals surface area contributed by atoms with Crippen LogP contribution in [0.25, 0.3) is 33.4 Å². The maximum Gasteiger partial charge on any atom is 0.289 e. The summed E-state index contributed by atoms with van der Waals surface area (Å²) in [4.78, 5) is 131. The quantitative estimate of drug-likeness (QED) is 0.114. The highest BCUT2D eigenvalue weighted by atomic mass is 32.1. The van der Waals surface area contributed by atoms with E-state index in [1.807, 2.05) is 0 Å². The molecule has 0 aromatic carbocycles. The van der Waals surface area contributed by atoms with Gasteiger partial charge in [-0.05, 0) is 32.9 Å². The van der Waals surface area contributed by atoms with Gasteiger partial charge >= 0.3 is 0 Å². The number of carbonyl (C=O) groups excluding carboxylic acids is 8. The molecule has 1 aliphatic rings. The maximum absolute atomic E-state index is 13.6. The van der Waals surface area contributed by atoms with Crippen LogP contribution in [0.5, 0.6) is 0 Å². The molecule has 25 nitrogen and oxygen atoms in total. The van der Waals surface area contributed by atoms with E-state index in [9.17, 15) is 43.5 Å². The lowest BCUT2D eigenvalue weighted by molar-refractivity contribution is -0.124. The van der Waals surface area contributed by atoms with Gasteiger partial charge in [0.25, 0.3) is 41.4 Å². The molecule has 71 heavy (non-hydrogen) atoms. The molecule has 0 saturated carbocycles. The molecule has 6 aromatic rings. The Kier molecular flexibility index (Phi) is 14.9. The number of nitrogens with one attached hydrogen (secondary N) is 7. The van der Waals surface area contributed by atoms with Crippen LogP contribution in [-0.2, 0) is 20.9 Å². The average molecular weight is 1020 g/mol. The molecule has 7 heterocycles. The molecule has 10 bridgehead atoms. The lowest BCUT2D eigenvalue weighted by Gasteiger charge is -2.20. The minimum absolute atomic E-state index is 0.0109. The Morgan fingerprint density at radius 2 is 1.61 bits per heavy atom. The zero-order chi connectivity index (χ0) is 51.3. The highest BCUT2D eigenvalue weighted by Crippen LogP contribution is 2.33. The molecule has 0 radical (unpaired) electrons. The predicted molar refractivity (Wildman–Crippen MR) is 253 cm³/mol. The second-order valence-corrected chi connectivity index (χ2v) is 17.8. The van der Waals surface area contributed by atoms with Crippen LogP contribution in [0.15, 0.2) is 88.4 Å². The molecule has 6 aromatic heterocycles. The number of carbonyl (C=O) groups is 8. The van der Waals surface area contributed by atoms with Crippen LogP contribution in [0.2, 0.25) is 0 Å². The van der Waals surface area contributed by atoms with Gasteiger partial charge in [0.1, 0.15) is 59.9 Å². The van der Waals surface area contributed by atoms with Gasteiger partial charge in [0.05, 0.1) is 60.1 Å². The van der Waals surface area contributed by atoms with Gasteiger partial charge in [0, 0.05) is 10.9 Å². The monoisotopic (exact) mass is 1020 g/mol. The summed E-state index contributed by atoms with van der Waals surface area (Å²) in [5.41, 5.74) is 3.85. The summed E-state index contributed by atoms with van der Waals surface area (Å²) >= 11 is 2.90. The Balaban J connectivity index is 1.19. The summed E-state index contributed by atoms with van der Waals surface area (Å²) in [7, 11) is 0. The van der Waals surface area contributed by atoms with Crippen molar-refractivity contribution in [1.29, 1.82) is 0 Å². The molecule has 3 unspecified atom stereocenters. The third-order valence-corrected chi connectivity index (χ3v) is 12.7. The molecular weight excluding hydrogens is 985 g/mol. The van der Waals surface area contributed by atoms with Crippen LogP contribution < -0.4 is 43.0 Å². The average Bonchev–Trinajstić information content (AvgIpc) is 4.21. The van der Waals surface area contributed by atoms with E-state index in [1.165, 1.54) is 42.9 Å². The van der Waals surface area contributed by atoms with Gasteiger partial charge in [-0.15, -0.1) is 34.0 Å². The van der Waals surface area contributed by atoms with Gasteiger partial charge in [-0.25, -0.2) is 29.9 Å². The first-order valence-corrected chi connectivity index (χ1v) is 23.0. The number of aliphatic hydroxyl groups excluding tert-OH is 1. The zero-order valence-electron chi connectivity index (χ0n) is 37.2. The Bertz CT molecular complexity index is 3230. The van der Waals surface area contributed by atoms with E-state index in [1.54, 1.807) is 13.8 Å². The number of hydrogen-bond donors (Lipinski definition) is 9. The van der Waals surface area contributed by atoms with Crippen molar-refractivity contribution in [2.45, 2.75) is 45.5 Å². The third-order valence-electron chi connectivity index (χ3n) is 9.67. The van der Waals surface area contributed by atoms with Gasteiger partial charge in [-0.3, -0.25) is 38.4 Å². The number of pyridine rings is 1. The van der Waals surface area contributed by atoms with Crippen LogP contribution in [-0.4, -0.2) is 94.4 Å². The van der Waals surface area contributed by atoms with Crippen molar-refractivity contribution in [3.8, 4) is 22.0 Å². The number of oxazole rings is 2. The van der Waals surface area contributed by atoms with Gasteiger partial charge < -0.3 is 56.9 Å². The highest BCUT2D eigenvalue weighted by molar-refractivity contribution is 7.14. The number of nitrogens with two attached hydrogens (primary N) is 1. The number of aliphatic hydroxyl groups is 1. The summed E-state index contributed by atoms with van der Waals surface area (Å²) in [6.45, 7) is 15.2. The molecule has 0 spiro atoms. The number of thiazole rings is 3. The summed E-state index contributed by atoms with van der Waals surface area (Å²) in [5, 5.41) is 30.3. The van der Waals surface area contributed by atoms with Crippen molar-refractivity contribution in [3.05, 3.63) is 128 Å². The van der Waals surface area contributed by atoms with E-state index in [2.05, 4.69) is 86.9 Å². The van der Waals surface area contributed by atoms with E-state index in [0.717, 1.165) is 46.5 Å². The first-order chi connectivity index (χ1) is 33.8. The van der Waals surface area contributed by atoms with E-state index >= 15 is 0 Å². The van der Waals surface area contributed by atoms with Gasteiger partial charge in [-0.2, -0.15) is 0 Å². The molecule has 28 heteroatoms. The maximum atomic E-state index is 13.6. The number of allylic oxidation sites excluding steroid dienone is 1. The summed E-state index contributed by atoms with van der Waals surface area (Å²) < 4.78 is 11.3. The number of aromatic nitrogens is 6. The molecule has 8 amide bonds. The van der Waals surface area contributed by atoms with E-state index in [-0.39, 0.29) is 78.6 Å². The molecule has 364 valence electrons. The fraction of sp³-hybridized carbons (Fsp3) is 0.163. The first-order valence-electron chi connectivity index (χ1n) is 20.5. The Morgan fingerprint density at radius 1 is 0.873 bits per heavy atom. The van der Waals surface area contributed by atoms with Crippen molar-refractivity contribution in [2.75, 3.05) is 0 Å². The summed E-state index contributed by atoms with van der Waals surface area (Å²) in [6, 6.07) is 0.448. The van der Waals surface area contributed by atoms with Gasteiger partial charge in [0.2, 0.25) is 23.4 Å². The van der Waals surface area contributed by atoms with Crippen molar-refractivity contribution in [2.24, 2.45) is 5.73 Å². The third kappa shape index (κ3) is 11.5. The lowest BCUT2D eigenvalue weighted by atomic mass is 10.1. The number of primary amides is 1. The Labute approximate surface area is 411 Å². The molecule has 0 saturated heterocycles. The van der Waals surface area contributed by atoms with Crippen molar-refractivity contribution in [3.63, 3.8) is 0 Å². The number of fused-ring (bicyclic) bond motifs is 13. The van der Waals surface area contributed by atoms with Crippen molar-refractivity contribution < 1.29 is 52.3 Å². The zero-order valence-corrected chi connectivity index (χ0v) is 39.6. The standard InChI is InChI=1S/C43H38N14O11S3/c1-7-22-41-47-10-26(68-41)36(63)46-13-29-45-11-27(70-29)37(64)52-19(5)42-48-12-28(71-42)38(65)50-17(3)33(60)51-18(4)40-55-24(14-67-40)31-21(8-9-23(53-31)34(61)49-16(2)32(44)59)43-56-25(15-69-43)35(62)57-30(20(6)58)39(66)54-22/h7-12,14-15,19-20,30,58H,2-4,13H2,1,5-6H3,(H2,44,59)(H,46,63)(H,49,61)(H,50,65)(H,51,60)(H,52,64)(H,54,66)(H,57,62). The van der Waals surface area contributed by atoms with Crippen LogP contribution in [0.4, 0.5) is 0 Å². The van der Waals surface area contributed by atoms with Crippen LogP contribution in [0, 0.1) is 0 Å². The second kappa shape index (κ2) is 21.2. The smallest absolute Gasteiger partial charge is 0.289 e. The Morgan fingerprint density at radius 3 is 2.34 bits per heavy atom. The lowest BCUT2D eigenvalue weighted by Crippen LogP contribution is -2.52. The molecule has 10 N–H and O–H groups in total. The molecule has 0 fully saturated rings. The van der Waals surface area contributed by atoms with Crippen molar-refractivity contribution in [1.82, 2.24) is 67.1 Å². The number of hydrogen-bond acceptors (Lipinski definition) is 20. The van der Waals surface area contributed by atoms with Gasteiger partial charge in [0.15, 0.2) is 0 Å². The molecule has 7 rings (SSSR count). The van der Waals surface area contributed by atoms with Crippen LogP contribution in [0.1, 0.15) is 99.5 Å². The second-order valence-electron chi connectivity index (χ2n) is 14.8. The number of rotatable bonds is 4. The number of amides is 8. The normalized spacial score (nSPS) is 17.5. The summed E-state index contributed by atoms with van der Waals surface area (Å²) in [5.74, 6) is -7.20. The molecule has 0 aliphatic carbocycles. The van der Waals surface area contributed by atoms with Crippen LogP contribution >= 0.6 is 34.0 Å². The SMILES string of the molecule is C=C(NC(=O)c1ccc2c(n1)-c1coc(n1)C(=C)NC(=O)C(=C)NC(=O)c1cnc(s1)C(C)NC(=O)c1cnc(s1)CNC(=O)c1cnc(o1)C(=CC)NC(=O)C(C(C)O)NC(=O)c1csc-2n1)C(N)=O. The summed E-state index contributed by atoms with van der Waals surface area (Å²) in [6.07, 6.45) is 4.78. The van der Waals surface area contributed by atoms with Crippen molar-refractivity contribution >= 4 is 92.7 Å². The topological polar surface area (TPSA) is 371 Å². The van der Waals surface area contributed by atoms with E-state index < -0.39 is 76.8 Å². The van der Waals surface area contributed by atoms with E-state index in [0.29, 0.717) is 10.0 Å². The molecule has 3 atom stereocenters. The minimum Gasteiger partial charge on any atom is -0.443 e. The molecular formula is C43H38N14O11S3. The van der Waals surface area contributed by atoms with E-state index in [4.69, 9.17) is 14.6 Å². The fourth-order valence-electron chi connectivity index (χ4n) is 6.01. The Hall–Kier alpha value is -8.86. The fourth-order valence-corrected chi connectivity index (χ4v) is 8.41.